The van der Waals surface area contributed by atoms with Crippen LogP contribution < -0.4 is 5.32 Å². The summed E-state index contributed by atoms with van der Waals surface area (Å²) in [6.07, 6.45) is 0. The zero-order chi connectivity index (χ0) is 14.0. The Morgan fingerprint density at radius 3 is 1.84 bits per heavy atom. The summed E-state index contributed by atoms with van der Waals surface area (Å²) < 4.78 is 53.0. The van der Waals surface area contributed by atoms with Crippen LogP contribution in [0.1, 0.15) is 5.56 Å². The SMILES string of the molecule is N#Cc1cc(F)c(Nc2cc(F)cc(F)c2)c(F)c1. The highest BCUT2D eigenvalue weighted by Gasteiger charge is 2.12. The van der Waals surface area contributed by atoms with Gasteiger partial charge in [0, 0.05) is 11.8 Å². The first-order valence-corrected chi connectivity index (χ1v) is 5.12. The van der Waals surface area contributed by atoms with Crippen molar-refractivity contribution in [1.82, 2.24) is 0 Å². The number of hydrogen-bond donors (Lipinski definition) is 1. The van der Waals surface area contributed by atoms with Crippen molar-refractivity contribution in [1.29, 1.82) is 5.26 Å². The van der Waals surface area contributed by atoms with Crippen molar-refractivity contribution in [3.63, 3.8) is 0 Å². The molecule has 0 atom stereocenters. The van der Waals surface area contributed by atoms with Crippen LogP contribution in [0.15, 0.2) is 30.3 Å². The van der Waals surface area contributed by atoms with Crippen molar-refractivity contribution in [3.05, 3.63) is 59.2 Å². The van der Waals surface area contributed by atoms with E-state index in [1.165, 1.54) is 0 Å². The van der Waals surface area contributed by atoms with E-state index in [0.717, 1.165) is 24.3 Å². The first kappa shape index (κ1) is 12.9. The Bertz CT molecular complexity index is 634. The van der Waals surface area contributed by atoms with Crippen LogP contribution in [0.2, 0.25) is 0 Å². The van der Waals surface area contributed by atoms with E-state index >= 15 is 0 Å². The van der Waals surface area contributed by atoms with Gasteiger partial charge < -0.3 is 5.32 Å². The van der Waals surface area contributed by atoms with Gasteiger partial charge in [-0.2, -0.15) is 5.26 Å². The zero-order valence-corrected chi connectivity index (χ0v) is 9.35. The van der Waals surface area contributed by atoms with E-state index in [1.807, 2.05) is 0 Å². The largest absolute Gasteiger partial charge is 0.351 e. The lowest BCUT2D eigenvalue weighted by atomic mass is 10.2. The molecule has 0 fully saturated rings. The van der Waals surface area contributed by atoms with Crippen molar-refractivity contribution in [2.45, 2.75) is 0 Å². The molecule has 0 radical (unpaired) electrons. The minimum Gasteiger partial charge on any atom is -0.351 e. The molecule has 0 saturated heterocycles. The van der Waals surface area contributed by atoms with Gasteiger partial charge in [-0.3, -0.25) is 0 Å². The molecule has 0 bridgehead atoms. The zero-order valence-electron chi connectivity index (χ0n) is 9.35. The molecule has 2 nitrogen and oxygen atoms in total. The molecule has 2 aromatic carbocycles. The van der Waals surface area contributed by atoms with E-state index in [4.69, 9.17) is 5.26 Å². The third-order valence-electron chi connectivity index (χ3n) is 2.30. The highest BCUT2D eigenvalue weighted by Crippen LogP contribution is 2.25. The Kier molecular flexibility index (Phi) is 3.38. The molecular weight excluding hydrogens is 260 g/mol. The molecule has 2 aromatic rings. The highest BCUT2D eigenvalue weighted by molar-refractivity contribution is 5.62. The Labute approximate surface area is 105 Å². The van der Waals surface area contributed by atoms with Crippen LogP contribution >= 0.6 is 0 Å². The van der Waals surface area contributed by atoms with Gasteiger partial charge in [-0.15, -0.1) is 0 Å². The number of hydrogen-bond acceptors (Lipinski definition) is 2. The van der Waals surface area contributed by atoms with E-state index in [2.05, 4.69) is 5.32 Å². The lowest BCUT2D eigenvalue weighted by molar-refractivity contribution is 0.581. The van der Waals surface area contributed by atoms with Gasteiger partial charge in [-0.25, -0.2) is 17.6 Å². The van der Waals surface area contributed by atoms with E-state index in [9.17, 15) is 17.6 Å². The van der Waals surface area contributed by atoms with Crippen molar-refractivity contribution in [3.8, 4) is 6.07 Å². The standard InChI is InChI=1S/C13H6F4N2/c14-8-3-9(15)5-10(4-8)19-13-11(16)1-7(6-18)2-12(13)17/h1-5,19H. The van der Waals surface area contributed by atoms with Gasteiger partial charge in [0.15, 0.2) is 11.6 Å². The number of benzene rings is 2. The van der Waals surface area contributed by atoms with E-state index < -0.39 is 29.0 Å². The van der Waals surface area contributed by atoms with Gasteiger partial charge in [0.2, 0.25) is 0 Å². The average molecular weight is 266 g/mol. The fourth-order valence-corrected chi connectivity index (χ4v) is 1.53. The maximum absolute atomic E-state index is 13.5. The van der Waals surface area contributed by atoms with Crippen molar-refractivity contribution < 1.29 is 17.6 Å². The fraction of sp³-hybridized carbons (Fsp3) is 0. The molecule has 1 N–H and O–H groups in total. The first-order chi connectivity index (χ1) is 8.99. The number of halogens is 4. The van der Waals surface area contributed by atoms with Crippen LogP contribution in [-0.4, -0.2) is 0 Å². The Balaban J connectivity index is 2.41. The summed E-state index contributed by atoms with van der Waals surface area (Å²) in [5.41, 5.74) is -0.907. The molecule has 19 heavy (non-hydrogen) atoms. The molecule has 2 rings (SSSR count). The van der Waals surface area contributed by atoms with E-state index in [0.29, 0.717) is 6.07 Å². The van der Waals surface area contributed by atoms with Crippen molar-refractivity contribution >= 4 is 11.4 Å². The number of rotatable bonds is 2. The normalized spacial score (nSPS) is 10.1. The average Bonchev–Trinajstić information content (AvgIpc) is 2.32. The highest BCUT2D eigenvalue weighted by atomic mass is 19.1. The number of nitrogens with one attached hydrogen (secondary N) is 1. The van der Waals surface area contributed by atoms with Crippen molar-refractivity contribution in [2.24, 2.45) is 0 Å². The van der Waals surface area contributed by atoms with Crippen LogP contribution in [0.5, 0.6) is 0 Å². The molecule has 0 heterocycles. The lowest BCUT2D eigenvalue weighted by Crippen LogP contribution is -1.99. The number of nitrogens with zero attached hydrogens (tertiary/aromatic N) is 1. The predicted molar refractivity (Wildman–Crippen MR) is 60.7 cm³/mol. The Hall–Kier alpha value is -2.55. The molecular formula is C13H6F4N2. The second-order valence-electron chi connectivity index (χ2n) is 3.71. The Morgan fingerprint density at radius 1 is 0.842 bits per heavy atom. The summed E-state index contributed by atoms with van der Waals surface area (Å²) in [6, 6.07) is 5.64. The number of anilines is 2. The van der Waals surface area contributed by atoms with Crippen LogP contribution in [0.4, 0.5) is 28.9 Å². The van der Waals surface area contributed by atoms with Crippen LogP contribution in [0.25, 0.3) is 0 Å². The van der Waals surface area contributed by atoms with Gasteiger partial charge in [0.1, 0.15) is 17.3 Å². The summed E-state index contributed by atoms with van der Waals surface area (Å²) in [5.74, 6) is -3.81. The fourth-order valence-electron chi connectivity index (χ4n) is 1.53. The molecule has 0 spiro atoms. The Morgan fingerprint density at radius 2 is 1.37 bits per heavy atom. The quantitative estimate of drug-likeness (QED) is 0.838. The second kappa shape index (κ2) is 4.98. The van der Waals surface area contributed by atoms with Gasteiger partial charge in [0.25, 0.3) is 0 Å². The lowest BCUT2D eigenvalue weighted by Gasteiger charge is -2.09. The van der Waals surface area contributed by atoms with Crippen molar-refractivity contribution in [2.75, 3.05) is 5.32 Å². The van der Waals surface area contributed by atoms with Gasteiger partial charge in [-0.05, 0) is 24.3 Å². The first-order valence-electron chi connectivity index (χ1n) is 5.12. The molecule has 0 saturated carbocycles. The summed E-state index contributed by atoms with van der Waals surface area (Å²) in [7, 11) is 0. The smallest absolute Gasteiger partial charge is 0.150 e. The predicted octanol–water partition coefficient (Wildman–Crippen LogP) is 3.86. The molecule has 6 heteroatoms. The molecule has 0 unspecified atom stereocenters. The minimum absolute atomic E-state index is 0.139. The van der Waals surface area contributed by atoms with Gasteiger partial charge in [0.05, 0.1) is 11.6 Å². The maximum atomic E-state index is 13.5. The van der Waals surface area contributed by atoms with Gasteiger partial charge in [-0.1, -0.05) is 0 Å². The third-order valence-corrected chi connectivity index (χ3v) is 2.30. The van der Waals surface area contributed by atoms with Gasteiger partial charge >= 0.3 is 0 Å². The number of nitriles is 1. The second-order valence-corrected chi connectivity index (χ2v) is 3.71. The van der Waals surface area contributed by atoms with Crippen LogP contribution in [0, 0.1) is 34.6 Å². The monoisotopic (exact) mass is 266 g/mol. The van der Waals surface area contributed by atoms with Crippen LogP contribution in [-0.2, 0) is 0 Å². The topological polar surface area (TPSA) is 35.8 Å². The molecule has 0 aromatic heterocycles. The molecule has 96 valence electrons. The summed E-state index contributed by atoms with van der Waals surface area (Å²) in [6.45, 7) is 0. The summed E-state index contributed by atoms with van der Waals surface area (Å²) >= 11 is 0. The van der Waals surface area contributed by atoms with E-state index in [-0.39, 0.29) is 11.3 Å². The molecule has 0 aliphatic carbocycles. The molecule has 0 aliphatic heterocycles. The summed E-state index contributed by atoms with van der Waals surface area (Å²) in [4.78, 5) is 0. The molecule has 0 amide bonds. The summed E-state index contributed by atoms with van der Waals surface area (Å²) in [5, 5.41) is 10.8. The van der Waals surface area contributed by atoms with E-state index in [1.54, 1.807) is 6.07 Å². The maximum Gasteiger partial charge on any atom is 0.150 e. The van der Waals surface area contributed by atoms with Crippen LogP contribution in [0.3, 0.4) is 0 Å². The molecule has 0 aliphatic rings. The minimum atomic E-state index is -1.03. The third kappa shape index (κ3) is 2.83.